The summed E-state index contributed by atoms with van der Waals surface area (Å²) in [6, 6.07) is 16.3. The van der Waals surface area contributed by atoms with E-state index in [1.165, 1.54) is 46.4 Å². The first kappa shape index (κ1) is 101. The topological polar surface area (TPSA) is 419 Å². The number of aliphatic hydroxyl groups is 4. The minimum atomic E-state index is -2.08. The lowest BCUT2D eigenvalue weighted by molar-refractivity contribution is -0.271. The Morgan fingerprint density at radius 3 is 2.02 bits per heavy atom. The van der Waals surface area contributed by atoms with Crippen LogP contribution in [0.2, 0.25) is 0 Å². The first-order valence-corrected chi connectivity index (χ1v) is 43.1. The minimum absolute atomic E-state index is 0.0450. The van der Waals surface area contributed by atoms with Crippen molar-refractivity contribution in [1.82, 2.24) is 50.2 Å². The summed E-state index contributed by atoms with van der Waals surface area (Å²) in [5.41, 5.74) is 5.86. The zero-order valence-corrected chi connectivity index (χ0v) is 74.4. The molecule has 122 heavy (non-hydrogen) atoms. The predicted molar refractivity (Wildman–Crippen MR) is 455 cm³/mol. The van der Waals surface area contributed by atoms with Crippen LogP contribution in [-0.4, -0.2) is 287 Å². The number of Topliss-reactive ketones (excluding diaryl/α,β-unsaturated/α-hetero) is 3. The van der Waals surface area contributed by atoms with E-state index in [0.717, 1.165) is 34.5 Å². The molecule has 2 aromatic heterocycles. The number of benzene rings is 2. The van der Waals surface area contributed by atoms with E-state index in [4.69, 9.17) is 33.2 Å². The lowest BCUT2D eigenvalue weighted by Crippen LogP contribution is -2.61. The van der Waals surface area contributed by atoms with Gasteiger partial charge in [0.1, 0.15) is 42.1 Å². The fraction of sp³-hybridized carbons (Fsp3) is 0.674. The molecule has 9 N–H and O–H groups in total. The van der Waals surface area contributed by atoms with Crippen LogP contribution in [0, 0.1) is 47.3 Å². The Kier molecular flexibility index (Phi) is 40.2. The summed E-state index contributed by atoms with van der Waals surface area (Å²) in [4.78, 5) is 150. The van der Waals surface area contributed by atoms with Gasteiger partial charge in [-0.1, -0.05) is 119 Å². The molecule has 3 saturated heterocycles. The van der Waals surface area contributed by atoms with E-state index in [1.54, 1.807) is 57.7 Å². The average molecular weight is 1710 g/mol. The Labute approximate surface area is 718 Å². The Morgan fingerprint density at radius 1 is 0.697 bits per heavy atom. The maximum Gasteiger partial charge on any atom is 0.410 e. The van der Waals surface area contributed by atoms with Crippen molar-refractivity contribution in [2.24, 2.45) is 47.3 Å². The first-order chi connectivity index (χ1) is 58.0. The van der Waals surface area contributed by atoms with Crippen LogP contribution < -0.4 is 26.1 Å². The van der Waals surface area contributed by atoms with E-state index in [-0.39, 0.29) is 116 Å². The Hall–Kier alpha value is -8.45. The van der Waals surface area contributed by atoms with Gasteiger partial charge in [-0.25, -0.2) is 19.6 Å². The molecule has 0 bridgehead atoms. The third-order valence-corrected chi connectivity index (χ3v) is 24.2. The quantitative estimate of drug-likeness (QED) is 0.0164. The third kappa shape index (κ3) is 27.8. The number of rotatable bonds is 50. The second kappa shape index (κ2) is 48.7. The SMILES string of the molecule is CC[C@H](C)[C@@H]([C@@H](CC(=O)N1CCC[C@H]1[C@H](OC)[C@@H](C)C(=O)C[C@H](C)[C@@H](O)c1ccccc1)OC)N(C)C(=O)[C@@H](CC(=O)[C@H](C(C)C)N(C)C(=O)OCc1ccc(NC(=O)[C@H](C)CC(=O)[C@@H](NC(=O)CCOCCOCCNC2CCN(C(=O)CCn3c(CN(C)NC)cc4cccnc43)CC2)C(C)C)c(O[C@@H]2O[C@H](C(=O)O)[C@@H](O)[C@H](O)[C@H]2O)c1)C(C)C. The molecule has 0 unspecified atom stereocenters. The number of nitrogens with zero attached hydrogens (tertiary/aromatic N) is 7. The van der Waals surface area contributed by atoms with E-state index in [9.17, 15) is 68.7 Å². The van der Waals surface area contributed by atoms with Gasteiger partial charge in [0, 0.05) is 141 Å². The normalized spacial score (nSPS) is 20.5. The van der Waals surface area contributed by atoms with Crippen LogP contribution in [-0.2, 0) is 91.3 Å². The molecule has 2 aromatic carbocycles. The van der Waals surface area contributed by atoms with Gasteiger partial charge in [0.2, 0.25) is 35.8 Å². The van der Waals surface area contributed by atoms with Crippen LogP contribution in [0.25, 0.3) is 11.0 Å². The second-order valence-electron chi connectivity index (χ2n) is 34.1. The fourth-order valence-electron chi connectivity index (χ4n) is 16.7. The molecule has 680 valence electrons. The molecular weight excluding hydrogens is 1580 g/mol. The van der Waals surface area contributed by atoms with Gasteiger partial charge in [-0.15, -0.1) is 0 Å². The van der Waals surface area contributed by atoms with E-state index >= 15 is 4.79 Å². The molecule has 33 nitrogen and oxygen atoms in total. The summed E-state index contributed by atoms with van der Waals surface area (Å²) in [6.45, 7) is 23.7. The van der Waals surface area contributed by atoms with Gasteiger partial charge < -0.3 is 98.8 Å². The van der Waals surface area contributed by atoms with Crippen molar-refractivity contribution in [1.29, 1.82) is 0 Å². The number of hydrogen-bond donors (Lipinski definition) is 9. The lowest BCUT2D eigenvalue weighted by atomic mass is 9.83. The fourth-order valence-corrected chi connectivity index (χ4v) is 16.7. The number of likely N-dealkylation sites (tertiary alicyclic amines) is 2. The number of carboxylic acid groups (broad SMARTS) is 1. The molecule has 17 atom stereocenters. The number of anilines is 1. The molecule has 4 aromatic rings. The molecule has 3 fully saturated rings. The molecule has 3 aliphatic rings. The van der Waals surface area contributed by atoms with E-state index in [0.29, 0.717) is 77.1 Å². The lowest BCUT2D eigenvalue weighted by Gasteiger charge is -2.41. The maximum absolute atomic E-state index is 15.1. The molecule has 0 saturated carbocycles. The zero-order valence-electron chi connectivity index (χ0n) is 74.4. The van der Waals surface area contributed by atoms with Crippen molar-refractivity contribution in [2.45, 2.75) is 246 Å². The Morgan fingerprint density at radius 2 is 1.39 bits per heavy atom. The number of likely N-dealkylation sites (N-methyl/N-ethyl adjacent to an activating group) is 2. The number of hydrogen-bond acceptors (Lipinski definition) is 25. The number of carboxylic acids is 1. The highest BCUT2D eigenvalue weighted by Gasteiger charge is 2.49. The molecule has 0 aliphatic carbocycles. The Bertz CT molecular complexity index is 4050. The molecule has 5 heterocycles. The minimum Gasteiger partial charge on any atom is -0.479 e. The van der Waals surface area contributed by atoms with Crippen LogP contribution in [0.1, 0.15) is 170 Å². The molecule has 0 spiro atoms. The number of ketones is 3. The summed E-state index contributed by atoms with van der Waals surface area (Å²) in [5.74, 6) is -9.05. The van der Waals surface area contributed by atoms with Gasteiger partial charge in [-0.05, 0) is 104 Å². The number of carbonyl (C=O) groups excluding carboxylic acids is 9. The number of piperidine rings is 1. The number of aromatic nitrogens is 2. The Balaban J connectivity index is 0.897. The zero-order chi connectivity index (χ0) is 89.9. The first-order valence-electron chi connectivity index (χ1n) is 43.1. The van der Waals surface area contributed by atoms with Crippen molar-refractivity contribution in [3.63, 3.8) is 0 Å². The van der Waals surface area contributed by atoms with Crippen LogP contribution in [0.3, 0.4) is 0 Å². The van der Waals surface area contributed by atoms with Crippen molar-refractivity contribution in [3.05, 3.63) is 89.7 Å². The van der Waals surface area contributed by atoms with Crippen molar-refractivity contribution in [2.75, 3.05) is 100 Å². The highest BCUT2D eigenvalue weighted by molar-refractivity contribution is 5.98. The molecule has 6 amide bonds. The third-order valence-electron chi connectivity index (χ3n) is 24.2. The van der Waals surface area contributed by atoms with E-state index in [2.05, 4.69) is 37.0 Å². The second-order valence-corrected chi connectivity index (χ2v) is 34.1. The summed E-state index contributed by atoms with van der Waals surface area (Å²) in [6.07, 6.45) is -8.53. The number of aryl methyl sites for hydroxylation is 1. The predicted octanol–water partition coefficient (Wildman–Crippen LogP) is 6.72. The molecule has 0 radical (unpaired) electrons. The summed E-state index contributed by atoms with van der Waals surface area (Å²) in [5, 5.41) is 65.3. The van der Waals surface area contributed by atoms with Gasteiger partial charge in [0.05, 0.1) is 87.6 Å². The monoisotopic (exact) mass is 1710 g/mol. The number of nitrogens with one attached hydrogen (secondary N) is 4. The van der Waals surface area contributed by atoms with Crippen molar-refractivity contribution >= 4 is 75.7 Å². The number of carbonyl (C=O) groups is 10. The standard InChI is InChI=1S/C89H137N11O22/c1-18-55(8)77(71(116-16)49-74(106)100-36-23-27-66(100)82(117-17)58(11)67(101)44-56(9)78(107)60-24-20-19-21-25-60)96(14)86(112)64(52(2)3)48-69(103)76(54(6)7)97(15)89(115)120-51-59-28-29-65(70(46-59)121-88-81(110)79(108)80(109)83(122-88)87(113)114)93-85(111)57(10)45-68(102)75(53(4)5)94-72(104)33-40-118-42-43-119-41-35-91-62-30-37-98(38-31-62)73(105)32-39-99-63(50-95(13)90-12)47-61-26-22-34-92-84(61)99/h19-22,24-26,28-29,34,46-47,52-58,62,64,66,71,75-83,88,90-91,107-110H,18,23,27,30-33,35-45,48-51H2,1-17H3,(H,93,111)(H,94,104)(H,113,114)/t55-,56-,57+,58-,64-,66-,71+,75-,76-,77-,78+,79-,80-,81+,82+,83-,88+/m0/s1. The number of aliphatic carboxylic acids is 1. The van der Waals surface area contributed by atoms with Crippen LogP contribution >= 0.6 is 0 Å². The molecule has 3 aliphatic heterocycles. The highest BCUT2D eigenvalue weighted by atomic mass is 16.7. The largest absolute Gasteiger partial charge is 0.479 e. The van der Waals surface area contributed by atoms with Gasteiger partial charge >= 0.3 is 12.1 Å². The molecule has 7 rings (SSSR count). The number of pyridine rings is 1. The van der Waals surface area contributed by atoms with E-state index < -0.39 is 145 Å². The van der Waals surface area contributed by atoms with Crippen LogP contribution in [0.15, 0.2) is 72.9 Å². The number of amides is 6. The van der Waals surface area contributed by atoms with Crippen molar-refractivity contribution < 1.29 is 107 Å². The van der Waals surface area contributed by atoms with Gasteiger partial charge in [0.25, 0.3) is 0 Å². The van der Waals surface area contributed by atoms with Gasteiger partial charge in [0.15, 0.2) is 17.7 Å². The summed E-state index contributed by atoms with van der Waals surface area (Å²) in [7, 11) is 9.89. The highest BCUT2D eigenvalue weighted by Crippen LogP contribution is 2.36. The number of hydrazine groups is 1. The smallest absolute Gasteiger partial charge is 0.410 e. The number of fused-ring (bicyclic) bond motifs is 1. The van der Waals surface area contributed by atoms with Crippen LogP contribution in [0.5, 0.6) is 5.75 Å². The number of aliphatic hydroxyl groups excluding tert-OH is 4. The van der Waals surface area contributed by atoms with Gasteiger partial charge in [-0.3, -0.25) is 43.8 Å². The maximum atomic E-state index is 15.1. The average Bonchev–Trinajstić information content (AvgIpc) is 1.40. The number of methoxy groups -OCH3 is 2. The summed E-state index contributed by atoms with van der Waals surface area (Å²) < 4.78 is 43.0. The molecule has 33 heteroatoms. The van der Waals surface area contributed by atoms with Gasteiger partial charge in [-0.2, -0.15) is 0 Å². The molecular formula is C89H137N11O22. The summed E-state index contributed by atoms with van der Waals surface area (Å²) >= 11 is 0. The number of ether oxygens (including phenoxy) is 7. The van der Waals surface area contributed by atoms with Crippen LogP contribution in [0.4, 0.5) is 10.5 Å². The van der Waals surface area contributed by atoms with Crippen molar-refractivity contribution in [3.8, 4) is 5.75 Å². The van der Waals surface area contributed by atoms with E-state index in [1.807, 2.05) is 101 Å².